The highest BCUT2D eigenvalue weighted by Gasteiger charge is 2.41. The fourth-order valence-electron chi connectivity index (χ4n) is 4.85. The Balaban J connectivity index is 1.97. The first kappa shape index (κ1) is 19.2. The molecule has 1 aromatic heterocycles. The molecule has 2 heteroatoms. The molecule has 2 aromatic rings. The smallest absolute Gasteiger partial charge is 0.0705 e. The van der Waals surface area contributed by atoms with E-state index in [2.05, 4.69) is 77.9 Å². The van der Waals surface area contributed by atoms with E-state index in [1.54, 1.807) is 0 Å². The van der Waals surface area contributed by atoms with E-state index in [0.717, 1.165) is 28.6 Å². The number of nitrogens with zero attached hydrogens (tertiary/aromatic N) is 1. The molecule has 0 amide bonds. The van der Waals surface area contributed by atoms with Gasteiger partial charge >= 0.3 is 0 Å². The lowest BCUT2D eigenvalue weighted by Crippen LogP contribution is -2.44. The van der Waals surface area contributed by atoms with Gasteiger partial charge in [0.1, 0.15) is 0 Å². The zero-order chi connectivity index (χ0) is 17.7. The van der Waals surface area contributed by atoms with E-state index < -0.39 is 8.07 Å². The predicted octanol–water partition coefficient (Wildman–Crippen LogP) is 7.24. The summed E-state index contributed by atoms with van der Waals surface area (Å²) in [6.07, 6.45) is 3.74. The number of aromatic nitrogens is 1. The van der Waals surface area contributed by atoms with Crippen molar-refractivity contribution in [2.45, 2.75) is 83.5 Å². The van der Waals surface area contributed by atoms with Gasteiger partial charge in [-0.1, -0.05) is 94.9 Å². The fraction of sp³-hybridized carbons (Fsp3) is 0.591. The fourth-order valence-corrected chi connectivity index (χ4v) is 11.4. The van der Waals surface area contributed by atoms with Gasteiger partial charge in [-0.15, -0.1) is 0 Å². The molecule has 1 nitrogen and oxygen atoms in total. The van der Waals surface area contributed by atoms with Gasteiger partial charge in [-0.05, 0) is 25.0 Å². The summed E-state index contributed by atoms with van der Waals surface area (Å²) in [6, 6.07) is 14.3. The summed E-state index contributed by atoms with van der Waals surface area (Å²) in [7, 11) is -1.23. The Morgan fingerprint density at radius 2 is 1.42 bits per heavy atom. The summed E-state index contributed by atoms with van der Waals surface area (Å²) in [4.78, 5) is 4.83. The number of para-hydroxylation sites is 1. The van der Waals surface area contributed by atoms with Gasteiger partial charge in [0.05, 0.1) is 13.6 Å². The second-order valence-electron chi connectivity index (χ2n) is 8.28. The molecule has 0 fully saturated rings. The van der Waals surface area contributed by atoms with E-state index >= 15 is 0 Å². The van der Waals surface area contributed by atoms with Crippen LogP contribution in [0.2, 0.25) is 22.7 Å². The molecule has 0 N–H and O–H groups in total. The van der Waals surface area contributed by atoms with Crippen LogP contribution in [0.15, 0.2) is 36.4 Å². The lowest BCUT2D eigenvalue weighted by molar-refractivity contribution is 0.723. The van der Waals surface area contributed by atoms with Crippen molar-refractivity contribution in [2.24, 2.45) is 0 Å². The quantitative estimate of drug-likeness (QED) is 0.364. The second kappa shape index (κ2) is 8.29. The van der Waals surface area contributed by atoms with Gasteiger partial charge in [0.25, 0.3) is 0 Å². The van der Waals surface area contributed by atoms with Gasteiger partial charge in [0.2, 0.25) is 0 Å². The van der Waals surface area contributed by atoms with Crippen LogP contribution in [0.25, 0.3) is 10.9 Å². The van der Waals surface area contributed by atoms with E-state index in [-0.39, 0.29) is 0 Å². The molecule has 0 aliphatic carbocycles. The van der Waals surface area contributed by atoms with Crippen LogP contribution < -0.4 is 0 Å². The summed E-state index contributed by atoms with van der Waals surface area (Å²) in [5.41, 5.74) is 4.99. The van der Waals surface area contributed by atoms with E-state index in [0.29, 0.717) is 0 Å². The molecule has 0 saturated carbocycles. The van der Waals surface area contributed by atoms with E-state index in [4.69, 9.17) is 4.98 Å². The Labute approximate surface area is 149 Å². The van der Waals surface area contributed by atoms with Crippen LogP contribution in [-0.2, 0) is 6.42 Å². The van der Waals surface area contributed by atoms with Crippen molar-refractivity contribution < 1.29 is 0 Å². The minimum atomic E-state index is -1.23. The number of rotatable bonds is 8. The molecule has 0 atom stereocenters. The lowest BCUT2D eigenvalue weighted by Gasteiger charge is -2.43. The van der Waals surface area contributed by atoms with Crippen LogP contribution in [0.1, 0.15) is 60.1 Å². The van der Waals surface area contributed by atoms with Gasteiger partial charge in [0, 0.05) is 11.1 Å². The molecule has 132 valence electrons. The Morgan fingerprint density at radius 3 is 2.04 bits per heavy atom. The summed E-state index contributed by atoms with van der Waals surface area (Å²) < 4.78 is 0. The molecule has 0 unspecified atom stereocenters. The van der Waals surface area contributed by atoms with Gasteiger partial charge in [-0.25, -0.2) is 0 Å². The highest BCUT2D eigenvalue weighted by molar-refractivity contribution is 6.83. The van der Waals surface area contributed by atoms with Crippen molar-refractivity contribution in [3.05, 3.63) is 42.1 Å². The monoisotopic (exact) mass is 341 g/mol. The topological polar surface area (TPSA) is 12.9 Å². The Hall–Kier alpha value is -1.15. The lowest BCUT2D eigenvalue weighted by atomic mass is 10.1. The standard InChI is InChI=1S/C22H35NSi/c1-17(2)24(18(3)4,19(5)6)16-10-9-12-21-15-14-20-11-7-8-13-22(20)23-21/h7-8,11,13-15,17-19H,9-10,12,16H2,1-6H3. The minimum Gasteiger partial charge on any atom is -0.253 e. The highest BCUT2D eigenvalue weighted by atomic mass is 28.3. The first-order chi connectivity index (χ1) is 11.4. The first-order valence-electron chi connectivity index (χ1n) is 9.72. The number of unbranched alkanes of at least 4 members (excludes halogenated alkanes) is 1. The molecule has 0 aliphatic heterocycles. The SMILES string of the molecule is CC(C)[Si](CCCCc1ccc2ccccc2n1)(C(C)C)C(C)C. The Bertz CT molecular complexity index is 623. The van der Waals surface area contributed by atoms with Crippen LogP contribution in [0, 0.1) is 0 Å². The van der Waals surface area contributed by atoms with Crippen LogP contribution in [-0.4, -0.2) is 13.1 Å². The molecule has 1 heterocycles. The van der Waals surface area contributed by atoms with Crippen LogP contribution in [0.3, 0.4) is 0 Å². The molecule has 0 saturated heterocycles. The van der Waals surface area contributed by atoms with Crippen LogP contribution >= 0.6 is 0 Å². The third kappa shape index (κ3) is 4.08. The second-order valence-corrected chi connectivity index (χ2v) is 14.5. The largest absolute Gasteiger partial charge is 0.253 e. The predicted molar refractivity (Wildman–Crippen MR) is 111 cm³/mol. The number of benzene rings is 1. The van der Waals surface area contributed by atoms with E-state index in [1.807, 2.05) is 0 Å². The average molecular weight is 342 g/mol. The molecular formula is C22H35NSi. The number of hydrogen-bond donors (Lipinski definition) is 0. The minimum absolute atomic E-state index is 0.872. The Morgan fingerprint density at radius 1 is 0.792 bits per heavy atom. The maximum atomic E-state index is 4.83. The zero-order valence-corrected chi connectivity index (χ0v) is 17.5. The summed E-state index contributed by atoms with van der Waals surface area (Å²) >= 11 is 0. The maximum absolute atomic E-state index is 4.83. The van der Waals surface area contributed by atoms with Crippen molar-refractivity contribution in [1.29, 1.82) is 0 Å². The van der Waals surface area contributed by atoms with Gasteiger partial charge in [0.15, 0.2) is 0 Å². The van der Waals surface area contributed by atoms with Gasteiger partial charge < -0.3 is 0 Å². The summed E-state index contributed by atoms with van der Waals surface area (Å²) in [6.45, 7) is 14.8. The van der Waals surface area contributed by atoms with Crippen molar-refractivity contribution in [1.82, 2.24) is 4.98 Å². The molecule has 0 aliphatic rings. The summed E-state index contributed by atoms with van der Waals surface area (Å²) in [5, 5.41) is 1.24. The third-order valence-electron chi connectivity index (χ3n) is 6.17. The van der Waals surface area contributed by atoms with E-state index in [1.165, 1.54) is 30.0 Å². The highest BCUT2D eigenvalue weighted by Crippen LogP contribution is 2.45. The van der Waals surface area contributed by atoms with Gasteiger partial charge in [-0.3, -0.25) is 4.98 Å². The zero-order valence-electron chi connectivity index (χ0n) is 16.5. The van der Waals surface area contributed by atoms with Crippen molar-refractivity contribution >= 4 is 19.0 Å². The van der Waals surface area contributed by atoms with Gasteiger partial charge in [-0.2, -0.15) is 0 Å². The first-order valence-corrected chi connectivity index (χ1v) is 12.2. The summed E-state index contributed by atoms with van der Waals surface area (Å²) in [5.74, 6) is 0. The molecule has 0 spiro atoms. The van der Waals surface area contributed by atoms with Crippen LogP contribution in [0.4, 0.5) is 0 Å². The average Bonchev–Trinajstić information content (AvgIpc) is 2.53. The van der Waals surface area contributed by atoms with Crippen LogP contribution in [0.5, 0.6) is 0 Å². The van der Waals surface area contributed by atoms with Crippen molar-refractivity contribution in [3.8, 4) is 0 Å². The van der Waals surface area contributed by atoms with Crippen molar-refractivity contribution in [3.63, 3.8) is 0 Å². The van der Waals surface area contributed by atoms with E-state index in [9.17, 15) is 0 Å². The molecular weight excluding hydrogens is 306 g/mol. The third-order valence-corrected chi connectivity index (χ3v) is 13.8. The van der Waals surface area contributed by atoms with Crippen molar-refractivity contribution in [2.75, 3.05) is 0 Å². The number of fused-ring (bicyclic) bond motifs is 1. The normalized spacial score (nSPS) is 12.7. The maximum Gasteiger partial charge on any atom is 0.0705 e. The number of hydrogen-bond acceptors (Lipinski definition) is 1. The molecule has 1 aromatic carbocycles. The molecule has 2 rings (SSSR count). The molecule has 0 radical (unpaired) electrons. The molecule has 0 bridgehead atoms. The number of aryl methyl sites for hydroxylation is 1. The Kier molecular flexibility index (Phi) is 6.62. The number of pyridine rings is 1. The molecule has 24 heavy (non-hydrogen) atoms.